The Bertz CT molecular complexity index is 741. The van der Waals surface area contributed by atoms with Gasteiger partial charge in [0, 0.05) is 6.04 Å². The second-order valence-electron chi connectivity index (χ2n) is 9.33. The Morgan fingerprint density at radius 2 is 1.51 bits per heavy atom. The minimum atomic E-state index is -2.27. The van der Waals surface area contributed by atoms with Crippen molar-refractivity contribution in [1.29, 1.82) is 0 Å². The summed E-state index contributed by atoms with van der Waals surface area (Å²) in [5, 5.41) is 124. The number of rotatable bonds is 7. The van der Waals surface area contributed by atoms with Crippen molar-refractivity contribution in [3.8, 4) is 0 Å². The van der Waals surface area contributed by atoms with Crippen molar-refractivity contribution in [2.75, 3.05) is 19.8 Å². The van der Waals surface area contributed by atoms with Crippen LogP contribution in [0.3, 0.4) is 0 Å². The summed E-state index contributed by atoms with van der Waals surface area (Å²) in [7, 11) is 0. The molecule has 2 aliphatic carbocycles. The number of nitrogens with one attached hydrogen (secondary N) is 1. The third-order valence-corrected chi connectivity index (χ3v) is 6.98. The zero-order valence-electron chi connectivity index (χ0n) is 18.6. The van der Waals surface area contributed by atoms with Gasteiger partial charge in [-0.1, -0.05) is 6.08 Å². The molecule has 13 N–H and O–H groups in total. The highest BCUT2D eigenvalue weighted by molar-refractivity contribution is 5.22. The van der Waals surface area contributed by atoms with E-state index in [9.17, 15) is 61.3 Å². The number of ether oxygens (including phenoxy) is 2. The Kier molecular flexibility index (Phi) is 9.23. The van der Waals surface area contributed by atoms with Gasteiger partial charge in [0.25, 0.3) is 0 Å². The molecule has 2 fully saturated rings. The van der Waals surface area contributed by atoms with Crippen molar-refractivity contribution in [2.45, 2.75) is 91.4 Å². The van der Waals surface area contributed by atoms with Gasteiger partial charge in [0.15, 0.2) is 6.29 Å². The molecule has 0 spiro atoms. The fourth-order valence-electron chi connectivity index (χ4n) is 4.78. The highest BCUT2D eigenvalue weighted by Gasteiger charge is 2.56. The molecule has 0 aromatic heterocycles. The maximum absolute atomic E-state index is 11.1. The minimum absolute atomic E-state index is 0.00704. The van der Waals surface area contributed by atoms with E-state index in [1.165, 1.54) is 6.08 Å². The molecule has 1 heterocycles. The van der Waals surface area contributed by atoms with E-state index in [4.69, 9.17) is 9.47 Å². The molecule has 204 valence electrons. The number of hydrogen-bond donors (Lipinski definition) is 13. The van der Waals surface area contributed by atoms with E-state index in [2.05, 4.69) is 5.32 Å². The zero-order chi connectivity index (χ0) is 26.2. The molecule has 0 radical (unpaired) electrons. The van der Waals surface area contributed by atoms with Crippen molar-refractivity contribution in [3.05, 3.63) is 11.6 Å². The molecule has 1 aliphatic heterocycles. The van der Waals surface area contributed by atoms with Gasteiger partial charge >= 0.3 is 0 Å². The van der Waals surface area contributed by atoms with Gasteiger partial charge in [-0.15, -0.1) is 0 Å². The van der Waals surface area contributed by atoms with Gasteiger partial charge in [-0.05, 0) is 12.0 Å². The fourth-order valence-corrected chi connectivity index (χ4v) is 4.78. The van der Waals surface area contributed by atoms with Crippen LogP contribution in [0.2, 0.25) is 0 Å². The van der Waals surface area contributed by atoms with Crippen LogP contribution in [-0.2, 0) is 9.47 Å². The first-order valence-electron chi connectivity index (χ1n) is 11.2. The Hall–Kier alpha value is -0.860. The molecular weight excluding hydrogens is 478 g/mol. The van der Waals surface area contributed by atoms with Gasteiger partial charge in [0.05, 0.1) is 32.0 Å². The van der Waals surface area contributed by atoms with Crippen LogP contribution in [0.1, 0.15) is 6.42 Å². The summed E-state index contributed by atoms with van der Waals surface area (Å²) < 4.78 is 10.7. The number of aliphatic hydroxyl groups excluding tert-OH is 11. The largest absolute Gasteiger partial charge is 0.394 e. The molecular formula is C20H35NO14. The standard InChI is InChI=1S/C20H35NO14/c22-3-6-1-7(11(26)14(29)10(6)25)21-8-2-20(33,5-24)18(16(31)12(8)27)35-19-17(32)15(30)13(28)9(4-23)34-19/h1,7-19,21-33H,2-5H2/t7-,8-,9+,10+,11-,12-,13+,14-,15-,16+,17+,18-,19-,20-/m0/s1. The lowest BCUT2D eigenvalue weighted by molar-refractivity contribution is -0.343. The number of aliphatic hydroxyl groups is 12. The summed E-state index contributed by atoms with van der Waals surface area (Å²) in [4.78, 5) is 0. The summed E-state index contributed by atoms with van der Waals surface area (Å²) in [6, 6.07) is -2.34. The minimum Gasteiger partial charge on any atom is -0.394 e. The maximum Gasteiger partial charge on any atom is 0.187 e. The van der Waals surface area contributed by atoms with Crippen molar-refractivity contribution in [1.82, 2.24) is 5.32 Å². The highest BCUT2D eigenvalue weighted by Crippen LogP contribution is 2.35. The third kappa shape index (κ3) is 5.40. The lowest BCUT2D eigenvalue weighted by Crippen LogP contribution is -2.71. The summed E-state index contributed by atoms with van der Waals surface area (Å²) in [5.41, 5.74) is -2.27. The maximum atomic E-state index is 11.1. The first kappa shape index (κ1) is 28.7. The van der Waals surface area contributed by atoms with Gasteiger partial charge < -0.3 is 76.1 Å². The average molecular weight is 513 g/mol. The summed E-state index contributed by atoms with van der Waals surface area (Å²) in [6.07, 6.45) is -18.0. The average Bonchev–Trinajstić information content (AvgIpc) is 2.85. The molecule has 3 rings (SSSR count). The summed E-state index contributed by atoms with van der Waals surface area (Å²) >= 11 is 0. The molecule has 14 atom stereocenters. The van der Waals surface area contributed by atoms with E-state index in [1.54, 1.807) is 0 Å². The van der Waals surface area contributed by atoms with Crippen LogP contribution >= 0.6 is 0 Å². The first-order chi connectivity index (χ1) is 16.4. The Balaban J connectivity index is 1.79. The quantitative estimate of drug-likeness (QED) is 0.141. The van der Waals surface area contributed by atoms with Gasteiger partial charge in [-0.25, -0.2) is 0 Å². The molecule has 15 nitrogen and oxygen atoms in total. The molecule has 0 aromatic rings. The molecule has 3 aliphatic rings. The van der Waals surface area contributed by atoms with Gasteiger partial charge in [0.1, 0.15) is 60.5 Å². The van der Waals surface area contributed by atoms with Crippen LogP contribution in [0.5, 0.6) is 0 Å². The molecule has 0 aromatic carbocycles. The number of hydrogen-bond acceptors (Lipinski definition) is 15. The van der Waals surface area contributed by atoms with Crippen molar-refractivity contribution in [3.63, 3.8) is 0 Å². The van der Waals surface area contributed by atoms with E-state index >= 15 is 0 Å². The van der Waals surface area contributed by atoms with E-state index in [0.717, 1.165) is 0 Å². The smallest absolute Gasteiger partial charge is 0.187 e. The topological polar surface area (TPSA) is 273 Å². The van der Waals surface area contributed by atoms with Gasteiger partial charge in [-0.2, -0.15) is 0 Å². The van der Waals surface area contributed by atoms with Crippen LogP contribution in [0.25, 0.3) is 0 Å². The van der Waals surface area contributed by atoms with Crippen LogP contribution in [0, 0.1) is 0 Å². The second kappa shape index (κ2) is 11.3. The summed E-state index contributed by atoms with van der Waals surface area (Å²) in [5.74, 6) is 0. The molecule has 1 saturated carbocycles. The van der Waals surface area contributed by atoms with E-state index in [1.807, 2.05) is 0 Å². The highest BCUT2D eigenvalue weighted by atomic mass is 16.7. The lowest BCUT2D eigenvalue weighted by atomic mass is 9.75. The van der Waals surface area contributed by atoms with Gasteiger partial charge in [0.2, 0.25) is 0 Å². The Morgan fingerprint density at radius 3 is 2.09 bits per heavy atom. The second-order valence-corrected chi connectivity index (χ2v) is 9.33. The normalized spacial score (nSPS) is 51.2. The van der Waals surface area contributed by atoms with Crippen LogP contribution < -0.4 is 5.32 Å². The van der Waals surface area contributed by atoms with Crippen molar-refractivity contribution in [2.24, 2.45) is 0 Å². The third-order valence-electron chi connectivity index (χ3n) is 6.98. The molecule has 35 heavy (non-hydrogen) atoms. The van der Waals surface area contributed by atoms with Crippen molar-refractivity contribution >= 4 is 0 Å². The van der Waals surface area contributed by atoms with E-state index in [-0.39, 0.29) is 5.57 Å². The predicted octanol–water partition coefficient (Wildman–Crippen LogP) is -7.64. The van der Waals surface area contributed by atoms with Crippen LogP contribution in [0.15, 0.2) is 11.6 Å². The zero-order valence-corrected chi connectivity index (χ0v) is 18.6. The van der Waals surface area contributed by atoms with Crippen LogP contribution in [0.4, 0.5) is 0 Å². The Morgan fingerprint density at radius 1 is 0.857 bits per heavy atom. The van der Waals surface area contributed by atoms with E-state index < -0.39 is 111 Å². The molecule has 0 bridgehead atoms. The van der Waals surface area contributed by atoms with Gasteiger partial charge in [-0.3, -0.25) is 0 Å². The predicted molar refractivity (Wildman–Crippen MR) is 111 cm³/mol. The monoisotopic (exact) mass is 513 g/mol. The van der Waals surface area contributed by atoms with Crippen LogP contribution in [-0.4, -0.2) is 166 Å². The molecule has 1 saturated heterocycles. The fraction of sp³-hybridized carbons (Fsp3) is 0.900. The molecule has 0 amide bonds. The summed E-state index contributed by atoms with van der Waals surface area (Å²) in [6.45, 7) is -2.40. The first-order valence-corrected chi connectivity index (χ1v) is 11.2. The molecule has 15 heteroatoms. The molecule has 0 unspecified atom stereocenters. The Labute approximate surface area is 199 Å². The van der Waals surface area contributed by atoms with Crippen molar-refractivity contribution < 1.29 is 70.8 Å². The lowest BCUT2D eigenvalue weighted by Gasteiger charge is -2.50. The SMILES string of the molecule is OCC1=C[C@H](N[C@H]2C[C@](O)(CO)[C@@H](O[C@@H]3O[C@H](CO)[C@@H](O)[C@H](O)[C@H]3O)[C@H](O)[C@H]2O)[C@H](O)[C@@H](O)[C@@H]1O. The van der Waals surface area contributed by atoms with E-state index in [0.29, 0.717) is 0 Å².